The van der Waals surface area contributed by atoms with Crippen LogP contribution in [0.2, 0.25) is 0 Å². The lowest BCUT2D eigenvalue weighted by molar-refractivity contribution is -0.105. The zero-order valence-corrected chi connectivity index (χ0v) is 10.8. The van der Waals surface area contributed by atoms with Crippen molar-refractivity contribution in [2.75, 3.05) is 38.8 Å². The van der Waals surface area contributed by atoms with Gasteiger partial charge in [-0.1, -0.05) is 0 Å². The van der Waals surface area contributed by atoms with Gasteiger partial charge in [0.25, 0.3) is 5.91 Å². The predicted octanol–water partition coefficient (Wildman–Crippen LogP) is 0.648. The molecule has 0 saturated heterocycles. The number of rotatable bonds is 9. The van der Waals surface area contributed by atoms with Crippen LogP contribution in [0.15, 0.2) is 24.3 Å². The molecule has 0 atom stereocenters. The minimum atomic E-state index is -0.173. The molecule has 0 aliphatic rings. The fourth-order valence-electron chi connectivity index (χ4n) is 1.37. The molecule has 1 rings (SSSR count). The zero-order chi connectivity index (χ0) is 13.9. The fourth-order valence-corrected chi connectivity index (χ4v) is 1.37. The number of anilines is 1. The van der Waals surface area contributed by atoms with Gasteiger partial charge in [0.2, 0.25) is 6.41 Å². The molecule has 104 valence electrons. The van der Waals surface area contributed by atoms with Crippen molar-refractivity contribution in [2.45, 2.75) is 0 Å². The lowest BCUT2D eigenvalue weighted by atomic mass is 10.2. The third-order valence-corrected chi connectivity index (χ3v) is 2.34. The minimum absolute atomic E-state index is 0.173. The van der Waals surface area contributed by atoms with Gasteiger partial charge in [0.1, 0.15) is 0 Å². The average Bonchev–Trinajstić information content (AvgIpc) is 2.43. The highest BCUT2D eigenvalue weighted by atomic mass is 16.5. The SMILES string of the molecule is COCCOCCNC(=O)c1ccc(NC=O)cc1. The highest BCUT2D eigenvalue weighted by molar-refractivity contribution is 5.94. The summed E-state index contributed by atoms with van der Waals surface area (Å²) in [5.41, 5.74) is 1.18. The molecule has 2 amide bonds. The van der Waals surface area contributed by atoms with Crippen molar-refractivity contribution in [3.63, 3.8) is 0 Å². The quantitative estimate of drug-likeness (QED) is 0.508. The Hall–Kier alpha value is -1.92. The van der Waals surface area contributed by atoms with Gasteiger partial charge in [-0.15, -0.1) is 0 Å². The Labute approximate surface area is 112 Å². The molecule has 0 radical (unpaired) electrons. The second-order valence-electron chi connectivity index (χ2n) is 3.70. The minimum Gasteiger partial charge on any atom is -0.382 e. The molecule has 0 heterocycles. The standard InChI is InChI=1S/C13H18N2O4/c1-18-8-9-19-7-6-14-13(17)11-2-4-12(5-3-11)15-10-16/h2-5,10H,6-9H2,1H3,(H,14,17)(H,15,16). The van der Waals surface area contributed by atoms with Gasteiger partial charge in [0, 0.05) is 24.9 Å². The molecule has 6 heteroatoms. The number of hydrogen-bond donors (Lipinski definition) is 2. The van der Waals surface area contributed by atoms with Gasteiger partial charge in [-0.05, 0) is 24.3 Å². The molecule has 0 saturated carbocycles. The van der Waals surface area contributed by atoms with Crippen molar-refractivity contribution >= 4 is 18.0 Å². The van der Waals surface area contributed by atoms with Crippen molar-refractivity contribution in [1.82, 2.24) is 5.32 Å². The highest BCUT2D eigenvalue weighted by Gasteiger charge is 2.04. The average molecular weight is 266 g/mol. The molecule has 1 aromatic carbocycles. The molecule has 0 fully saturated rings. The van der Waals surface area contributed by atoms with Gasteiger partial charge in [0.15, 0.2) is 0 Å². The van der Waals surface area contributed by atoms with Crippen LogP contribution in [0.1, 0.15) is 10.4 Å². The van der Waals surface area contributed by atoms with Gasteiger partial charge in [0.05, 0.1) is 19.8 Å². The van der Waals surface area contributed by atoms with E-state index in [1.54, 1.807) is 31.4 Å². The summed E-state index contributed by atoms with van der Waals surface area (Å²) < 4.78 is 10.0. The van der Waals surface area contributed by atoms with E-state index in [-0.39, 0.29) is 5.91 Å². The molecule has 2 N–H and O–H groups in total. The first kappa shape index (κ1) is 15.1. The molecule has 19 heavy (non-hydrogen) atoms. The smallest absolute Gasteiger partial charge is 0.251 e. The summed E-state index contributed by atoms with van der Waals surface area (Å²) in [6, 6.07) is 6.62. The number of benzene rings is 1. The van der Waals surface area contributed by atoms with E-state index in [2.05, 4.69) is 10.6 Å². The molecular weight excluding hydrogens is 248 g/mol. The third kappa shape index (κ3) is 5.98. The van der Waals surface area contributed by atoms with Gasteiger partial charge < -0.3 is 20.1 Å². The first-order valence-electron chi connectivity index (χ1n) is 5.93. The summed E-state index contributed by atoms with van der Waals surface area (Å²) in [6.07, 6.45) is 0.590. The molecule has 0 unspecified atom stereocenters. The number of methoxy groups -OCH3 is 1. The van der Waals surface area contributed by atoms with E-state index in [0.29, 0.717) is 44.0 Å². The van der Waals surface area contributed by atoms with Gasteiger partial charge in [-0.25, -0.2) is 0 Å². The van der Waals surface area contributed by atoms with E-state index in [1.165, 1.54) is 0 Å². The lowest BCUT2D eigenvalue weighted by Crippen LogP contribution is -2.27. The summed E-state index contributed by atoms with van der Waals surface area (Å²) >= 11 is 0. The Kier molecular flexibility index (Phi) is 7.23. The van der Waals surface area contributed by atoms with Crippen molar-refractivity contribution in [2.24, 2.45) is 0 Å². The van der Waals surface area contributed by atoms with Crippen LogP contribution in [0.5, 0.6) is 0 Å². The summed E-state index contributed by atoms with van der Waals surface area (Å²) in [5.74, 6) is -0.173. The highest BCUT2D eigenvalue weighted by Crippen LogP contribution is 2.08. The van der Waals surface area contributed by atoms with Crippen LogP contribution in [0.25, 0.3) is 0 Å². The van der Waals surface area contributed by atoms with Gasteiger partial charge in [-0.2, -0.15) is 0 Å². The molecular formula is C13H18N2O4. The molecule has 6 nitrogen and oxygen atoms in total. The van der Waals surface area contributed by atoms with Crippen LogP contribution in [-0.2, 0) is 14.3 Å². The van der Waals surface area contributed by atoms with Crippen molar-refractivity contribution < 1.29 is 19.1 Å². The van der Waals surface area contributed by atoms with E-state index < -0.39 is 0 Å². The number of carbonyl (C=O) groups is 2. The molecule has 0 aliphatic heterocycles. The van der Waals surface area contributed by atoms with E-state index in [1.807, 2.05) is 0 Å². The Morgan fingerprint density at radius 1 is 1.21 bits per heavy atom. The Balaban J connectivity index is 2.27. The molecule has 1 aromatic rings. The van der Waals surface area contributed by atoms with Crippen LogP contribution in [0.4, 0.5) is 5.69 Å². The fraction of sp³-hybridized carbons (Fsp3) is 0.385. The molecule has 0 bridgehead atoms. The monoisotopic (exact) mass is 266 g/mol. The third-order valence-electron chi connectivity index (χ3n) is 2.34. The van der Waals surface area contributed by atoms with E-state index >= 15 is 0 Å². The molecule has 0 aromatic heterocycles. The van der Waals surface area contributed by atoms with Crippen LogP contribution in [-0.4, -0.2) is 45.8 Å². The second kappa shape index (κ2) is 9.07. The number of ether oxygens (including phenoxy) is 2. The molecule has 0 aliphatic carbocycles. The molecule has 0 spiro atoms. The topological polar surface area (TPSA) is 76.7 Å². The van der Waals surface area contributed by atoms with E-state index in [4.69, 9.17) is 9.47 Å². The van der Waals surface area contributed by atoms with E-state index in [0.717, 1.165) is 0 Å². The predicted molar refractivity (Wildman–Crippen MR) is 71.2 cm³/mol. The van der Waals surface area contributed by atoms with Gasteiger partial charge >= 0.3 is 0 Å². The lowest BCUT2D eigenvalue weighted by Gasteiger charge is -2.06. The van der Waals surface area contributed by atoms with Gasteiger partial charge in [-0.3, -0.25) is 9.59 Å². The summed E-state index contributed by atoms with van der Waals surface area (Å²) in [5, 5.41) is 5.23. The number of nitrogens with one attached hydrogen (secondary N) is 2. The maximum absolute atomic E-state index is 11.7. The number of carbonyl (C=O) groups excluding carboxylic acids is 2. The normalized spacial score (nSPS) is 9.95. The van der Waals surface area contributed by atoms with Crippen LogP contribution in [0.3, 0.4) is 0 Å². The second-order valence-corrected chi connectivity index (χ2v) is 3.70. The maximum Gasteiger partial charge on any atom is 0.251 e. The Morgan fingerprint density at radius 2 is 1.95 bits per heavy atom. The first-order valence-corrected chi connectivity index (χ1v) is 5.93. The van der Waals surface area contributed by atoms with E-state index in [9.17, 15) is 9.59 Å². The van der Waals surface area contributed by atoms with Crippen molar-refractivity contribution in [1.29, 1.82) is 0 Å². The summed E-state index contributed by atoms with van der Waals surface area (Å²) in [6.45, 7) is 1.94. The van der Waals surface area contributed by atoms with Crippen LogP contribution in [0, 0.1) is 0 Å². The largest absolute Gasteiger partial charge is 0.382 e. The number of amides is 2. The van der Waals surface area contributed by atoms with Crippen LogP contribution >= 0.6 is 0 Å². The van der Waals surface area contributed by atoms with Crippen LogP contribution < -0.4 is 10.6 Å². The summed E-state index contributed by atoms with van der Waals surface area (Å²) in [7, 11) is 1.61. The maximum atomic E-state index is 11.7. The van der Waals surface area contributed by atoms with Crippen molar-refractivity contribution in [3.8, 4) is 0 Å². The zero-order valence-electron chi connectivity index (χ0n) is 10.8. The Morgan fingerprint density at radius 3 is 2.58 bits per heavy atom. The number of hydrogen-bond acceptors (Lipinski definition) is 4. The first-order chi connectivity index (χ1) is 9.27. The Bertz CT molecular complexity index is 392. The summed E-state index contributed by atoms with van der Waals surface area (Å²) in [4.78, 5) is 22.0. The van der Waals surface area contributed by atoms with Crippen molar-refractivity contribution in [3.05, 3.63) is 29.8 Å².